The van der Waals surface area contributed by atoms with Gasteiger partial charge in [0.05, 0.1) is 38.4 Å². The largest absolute Gasteiger partial charge is 0.381 e. The molecule has 3 aliphatic rings. The third-order valence-corrected chi connectivity index (χ3v) is 13.8. The molecule has 0 atom stereocenters. The van der Waals surface area contributed by atoms with Crippen molar-refractivity contribution in [1.29, 1.82) is 0 Å². The lowest BCUT2D eigenvalue weighted by Crippen LogP contribution is -2.45. The number of sulfonamides is 1. The Morgan fingerprint density at radius 3 is 1.60 bits per heavy atom. The van der Waals surface area contributed by atoms with E-state index in [0.717, 1.165) is 92.2 Å². The number of imidazole rings is 2. The van der Waals surface area contributed by atoms with Crippen LogP contribution >= 0.6 is 10.7 Å². The number of benzene rings is 2. The van der Waals surface area contributed by atoms with Gasteiger partial charge in [-0.2, -0.15) is 4.31 Å². The summed E-state index contributed by atoms with van der Waals surface area (Å²) in [6.07, 6.45) is 3.93. The van der Waals surface area contributed by atoms with E-state index in [9.17, 15) is 25.6 Å². The number of rotatable bonds is 7. The van der Waals surface area contributed by atoms with Crippen LogP contribution in [0.25, 0.3) is 22.1 Å². The first-order valence-electron chi connectivity index (χ1n) is 19.1. The average molecular weight is 826 g/mol. The number of halogens is 3. The predicted octanol–water partition coefficient (Wildman–Crippen LogP) is 7.87. The van der Waals surface area contributed by atoms with Crippen molar-refractivity contribution in [3.63, 3.8) is 0 Å². The molecule has 16 heteroatoms. The Balaban J connectivity index is 0.000000193. The summed E-state index contributed by atoms with van der Waals surface area (Å²) >= 11 is 0. The van der Waals surface area contributed by atoms with Crippen molar-refractivity contribution in [3.8, 4) is 0 Å². The van der Waals surface area contributed by atoms with Gasteiger partial charge in [-0.3, -0.25) is 0 Å². The molecule has 7 rings (SSSR count). The molecule has 2 aromatic carbocycles. The van der Waals surface area contributed by atoms with Crippen LogP contribution in [0.4, 0.5) is 8.78 Å². The average Bonchev–Trinajstić information content (AvgIpc) is 3.67. The molecule has 55 heavy (non-hydrogen) atoms. The minimum absolute atomic E-state index is 0.0221. The van der Waals surface area contributed by atoms with Gasteiger partial charge in [-0.15, -0.1) is 0 Å². The maximum absolute atomic E-state index is 13.8. The van der Waals surface area contributed by atoms with Gasteiger partial charge in [0, 0.05) is 74.0 Å². The highest BCUT2D eigenvalue weighted by Crippen LogP contribution is 2.34. The van der Waals surface area contributed by atoms with Gasteiger partial charge in [-0.05, 0) is 80.3 Å². The third-order valence-electron chi connectivity index (χ3n) is 10.6. The van der Waals surface area contributed by atoms with Crippen molar-refractivity contribution in [1.82, 2.24) is 23.4 Å². The molecule has 0 spiro atoms. The Labute approximate surface area is 328 Å². The summed E-state index contributed by atoms with van der Waals surface area (Å²) in [5.41, 5.74) is 2.73. The molecule has 0 unspecified atom stereocenters. The summed E-state index contributed by atoms with van der Waals surface area (Å²) in [6, 6.07) is 9.76. The fourth-order valence-corrected chi connectivity index (χ4v) is 10.0. The van der Waals surface area contributed by atoms with Crippen LogP contribution in [-0.2, 0) is 52.5 Å². The Kier molecular flexibility index (Phi) is 12.1. The molecule has 3 fully saturated rings. The van der Waals surface area contributed by atoms with E-state index < -0.39 is 31.5 Å². The molecule has 0 amide bonds. The summed E-state index contributed by atoms with van der Waals surface area (Å²) < 4.78 is 93.3. The molecule has 4 aromatic rings. The van der Waals surface area contributed by atoms with E-state index in [1.807, 2.05) is 6.07 Å². The number of ether oxygens (including phenoxy) is 2. The Hall–Kier alpha value is -2.69. The normalized spacial score (nSPS) is 19.8. The van der Waals surface area contributed by atoms with Gasteiger partial charge >= 0.3 is 0 Å². The van der Waals surface area contributed by atoms with E-state index in [1.54, 1.807) is 18.2 Å². The molecule has 3 aliphatic heterocycles. The maximum atomic E-state index is 13.8. The topological polar surface area (TPSA) is 126 Å². The Morgan fingerprint density at radius 1 is 0.745 bits per heavy atom. The number of piperidine rings is 1. The van der Waals surface area contributed by atoms with Gasteiger partial charge in [0.1, 0.15) is 11.6 Å². The fourth-order valence-electron chi connectivity index (χ4n) is 7.70. The second-order valence-corrected chi connectivity index (χ2v) is 21.7. The highest BCUT2D eigenvalue weighted by atomic mass is 35.7. The lowest BCUT2D eigenvalue weighted by atomic mass is 9.94. The molecule has 0 aliphatic carbocycles. The Morgan fingerprint density at radius 2 is 1.18 bits per heavy atom. The monoisotopic (exact) mass is 825 g/mol. The summed E-state index contributed by atoms with van der Waals surface area (Å²) in [4.78, 5) is 9.64. The van der Waals surface area contributed by atoms with Crippen molar-refractivity contribution in [2.75, 3.05) is 39.5 Å². The van der Waals surface area contributed by atoms with Crippen LogP contribution in [0.2, 0.25) is 0 Å². The van der Waals surface area contributed by atoms with Gasteiger partial charge in [-0.25, -0.2) is 35.6 Å². The summed E-state index contributed by atoms with van der Waals surface area (Å²) in [6.45, 7) is 16.8. The first-order valence-corrected chi connectivity index (χ1v) is 22.9. The molecule has 0 saturated carbocycles. The highest BCUT2D eigenvalue weighted by molar-refractivity contribution is 8.13. The van der Waals surface area contributed by atoms with Crippen molar-refractivity contribution in [3.05, 3.63) is 48.0 Å². The molecule has 0 radical (unpaired) electrons. The molecular formula is C39H54ClF2N5O6S2. The van der Waals surface area contributed by atoms with Crippen molar-refractivity contribution < 1.29 is 35.1 Å². The van der Waals surface area contributed by atoms with Crippen LogP contribution in [0.15, 0.2) is 46.2 Å². The molecular weight excluding hydrogens is 772 g/mol. The van der Waals surface area contributed by atoms with Gasteiger partial charge in [-0.1, -0.05) is 41.5 Å². The Bertz CT molecular complexity index is 2220. The summed E-state index contributed by atoms with van der Waals surface area (Å²) in [7, 11) is -2.28. The van der Waals surface area contributed by atoms with Gasteiger partial charge in [0.25, 0.3) is 15.0 Å². The van der Waals surface area contributed by atoms with Gasteiger partial charge in [0.15, 0.2) is 0 Å². The number of alkyl halides is 2. The first-order chi connectivity index (χ1) is 25.6. The van der Waals surface area contributed by atoms with E-state index in [-0.39, 0.29) is 40.0 Å². The lowest BCUT2D eigenvalue weighted by Gasteiger charge is -2.31. The molecule has 11 nitrogen and oxygen atoms in total. The molecule has 3 saturated heterocycles. The molecule has 2 aromatic heterocycles. The van der Waals surface area contributed by atoms with Crippen molar-refractivity contribution in [2.24, 2.45) is 11.8 Å². The quantitative estimate of drug-likeness (QED) is 0.173. The van der Waals surface area contributed by atoms with E-state index in [1.165, 1.54) is 12.1 Å². The van der Waals surface area contributed by atoms with Crippen LogP contribution in [0.3, 0.4) is 0 Å². The van der Waals surface area contributed by atoms with E-state index in [4.69, 9.17) is 30.1 Å². The molecule has 5 heterocycles. The minimum atomic E-state index is -4.00. The predicted molar refractivity (Wildman–Crippen MR) is 210 cm³/mol. The van der Waals surface area contributed by atoms with Crippen LogP contribution in [0.1, 0.15) is 91.7 Å². The van der Waals surface area contributed by atoms with Gasteiger partial charge in [0.2, 0.25) is 10.0 Å². The third kappa shape index (κ3) is 9.72. The first kappa shape index (κ1) is 41.9. The smallest absolute Gasteiger partial charge is 0.261 e. The highest BCUT2D eigenvalue weighted by Gasteiger charge is 2.41. The van der Waals surface area contributed by atoms with Crippen LogP contribution < -0.4 is 0 Å². The standard InChI is InChI=1S/C22H31F2N3O3S.C17H23ClN2O3S/c1-21(2,3)20-25-18-13-17(31(28,29)26-10-4-9-22(23,24)15-26)5-6-19(18)27(20)14-16-7-11-30-12-8-16;1-17(2,3)16-19-14-10-13(24(18,21)22)4-5-15(14)20(16)11-12-6-8-23-9-7-12/h5-6,13,16H,4,7-12,14-15H2,1-3H3;4-5,10,12H,6-9,11H2,1-3H3. The SMILES string of the molecule is CC(C)(C)c1nc2cc(S(=O)(=O)Cl)ccc2n1CC1CCOCC1.CC(C)(C)c1nc2cc(S(=O)(=O)N3CCCC(F)(F)C3)ccc2n1CC1CCOCC1. The summed E-state index contributed by atoms with van der Waals surface area (Å²) in [5, 5.41) is 0. The molecule has 0 N–H and O–H groups in total. The molecule has 304 valence electrons. The molecule has 0 bridgehead atoms. The zero-order valence-electron chi connectivity index (χ0n) is 32.7. The van der Waals surface area contributed by atoms with Gasteiger partial charge < -0.3 is 18.6 Å². The number of fused-ring (bicyclic) bond motifs is 2. The summed E-state index contributed by atoms with van der Waals surface area (Å²) in [5.74, 6) is -0.0961. The number of nitrogens with zero attached hydrogens (tertiary/aromatic N) is 5. The van der Waals surface area contributed by atoms with E-state index in [2.05, 4.69) is 50.7 Å². The van der Waals surface area contributed by atoms with E-state index in [0.29, 0.717) is 22.9 Å². The van der Waals surface area contributed by atoms with Crippen molar-refractivity contribution >= 4 is 51.8 Å². The zero-order chi connectivity index (χ0) is 40.0. The van der Waals surface area contributed by atoms with Crippen LogP contribution in [-0.4, -0.2) is 85.7 Å². The minimum Gasteiger partial charge on any atom is -0.381 e. The zero-order valence-corrected chi connectivity index (χ0v) is 35.0. The van der Waals surface area contributed by atoms with Crippen LogP contribution in [0, 0.1) is 11.8 Å². The fraction of sp³-hybridized carbons (Fsp3) is 0.641. The van der Waals surface area contributed by atoms with E-state index >= 15 is 0 Å². The van der Waals surface area contributed by atoms with Crippen LogP contribution in [0.5, 0.6) is 0 Å². The van der Waals surface area contributed by atoms with Crippen molar-refractivity contribution in [2.45, 2.75) is 120 Å². The number of aromatic nitrogens is 4. The number of hydrogen-bond acceptors (Lipinski definition) is 8. The lowest BCUT2D eigenvalue weighted by molar-refractivity contribution is -0.0434. The second-order valence-electron chi connectivity index (χ2n) is 17.2. The second kappa shape index (κ2) is 15.9. The number of hydrogen-bond donors (Lipinski definition) is 0. The maximum Gasteiger partial charge on any atom is 0.261 e.